The van der Waals surface area contributed by atoms with Crippen LogP contribution < -0.4 is 0 Å². The third-order valence-electron chi connectivity index (χ3n) is 11.0. The third kappa shape index (κ3) is 9.60. The summed E-state index contributed by atoms with van der Waals surface area (Å²) in [6.45, 7) is 15.4. The lowest BCUT2D eigenvalue weighted by molar-refractivity contribution is -0.302. The predicted molar refractivity (Wildman–Crippen MR) is 174 cm³/mol. The maximum absolute atomic E-state index is 13.7. The van der Waals surface area contributed by atoms with Crippen LogP contribution in [0.3, 0.4) is 0 Å². The number of ether oxygens (including phenoxy) is 4. The van der Waals surface area contributed by atoms with E-state index in [1.165, 1.54) is 0 Å². The van der Waals surface area contributed by atoms with Crippen LogP contribution in [0.25, 0.3) is 0 Å². The molecule has 0 aromatic heterocycles. The molecule has 0 bridgehead atoms. The number of cyclic esters (lactones) is 1. The van der Waals surface area contributed by atoms with Gasteiger partial charge in [-0.25, -0.2) is 0 Å². The van der Waals surface area contributed by atoms with Crippen LogP contribution in [-0.2, 0) is 23.7 Å². The Kier molecular flexibility index (Phi) is 14.1. The Morgan fingerprint density at radius 3 is 2.31 bits per heavy atom. The average molecular weight is 644 g/mol. The van der Waals surface area contributed by atoms with E-state index in [1.807, 2.05) is 39.8 Å². The van der Waals surface area contributed by atoms with Gasteiger partial charge in [0.05, 0.1) is 35.9 Å². The Balaban J connectivity index is 1.90. The van der Waals surface area contributed by atoms with E-state index in [-0.39, 0.29) is 37.3 Å². The number of carbonyl (C=O) groups is 1. The third-order valence-corrected chi connectivity index (χ3v) is 11.0. The van der Waals surface area contributed by atoms with Gasteiger partial charge in [-0.1, -0.05) is 13.8 Å². The van der Waals surface area contributed by atoms with E-state index in [4.69, 9.17) is 18.9 Å². The number of likely N-dealkylation sites (N-methyl/N-ethyl adjacent to an activating group) is 2. The summed E-state index contributed by atoms with van der Waals surface area (Å²) >= 11 is 0. The molecule has 3 rings (SSSR count). The smallest absolute Gasteiger partial charge is 0.314 e. The summed E-state index contributed by atoms with van der Waals surface area (Å²) in [5.74, 6) is -0.320. The lowest BCUT2D eigenvalue weighted by atomic mass is 9.73. The van der Waals surface area contributed by atoms with Gasteiger partial charge in [-0.2, -0.15) is 0 Å². The normalized spacial score (nSPS) is 40.4. The molecule has 0 aliphatic carbocycles. The van der Waals surface area contributed by atoms with Gasteiger partial charge in [0.2, 0.25) is 0 Å². The second-order valence-electron chi connectivity index (χ2n) is 15.4. The first-order valence-electron chi connectivity index (χ1n) is 17.1. The molecule has 0 radical (unpaired) electrons. The van der Waals surface area contributed by atoms with Crippen molar-refractivity contribution < 1.29 is 39.1 Å². The molecule has 0 spiro atoms. The van der Waals surface area contributed by atoms with E-state index in [0.29, 0.717) is 25.3 Å². The van der Waals surface area contributed by atoms with Crippen LogP contribution in [0.5, 0.6) is 0 Å². The largest absolute Gasteiger partial charge is 0.464 e. The fourth-order valence-electron chi connectivity index (χ4n) is 7.98. The molecule has 1 unspecified atom stereocenters. The zero-order valence-electron chi connectivity index (χ0n) is 29.8. The molecule has 0 saturated carbocycles. The quantitative estimate of drug-likeness (QED) is 0.337. The Labute approximate surface area is 272 Å². The minimum absolute atomic E-state index is 0.0352. The Bertz CT molecular complexity index is 916. The average Bonchev–Trinajstić information content (AvgIpc) is 2.98. The van der Waals surface area contributed by atoms with E-state index in [0.717, 1.165) is 38.9 Å². The minimum Gasteiger partial charge on any atom is -0.464 e. The maximum Gasteiger partial charge on any atom is 0.314 e. The zero-order valence-corrected chi connectivity index (χ0v) is 29.8. The summed E-state index contributed by atoms with van der Waals surface area (Å²) in [5.41, 5.74) is -2.08. The number of β-amino-alcohol motifs (C(OH)–C–C–N with tert-alkyl or cyclic N) is 1. The number of carbonyl (C=O) groups excluding carboxylic acids is 1. The summed E-state index contributed by atoms with van der Waals surface area (Å²) < 4.78 is 25.1. The summed E-state index contributed by atoms with van der Waals surface area (Å²) in [5, 5.41) is 32.5. The van der Waals surface area contributed by atoms with E-state index in [2.05, 4.69) is 23.8 Å². The first kappa shape index (κ1) is 38.6. The summed E-state index contributed by atoms with van der Waals surface area (Å²) in [4.78, 5) is 20.3. The highest BCUT2D eigenvalue weighted by atomic mass is 16.7. The molecule has 0 aromatic carbocycles. The van der Waals surface area contributed by atoms with Gasteiger partial charge in [0, 0.05) is 38.2 Å². The number of hydrogen-bond donors (Lipinski definition) is 3. The molecule has 10 atom stereocenters. The van der Waals surface area contributed by atoms with Crippen molar-refractivity contribution in [3.05, 3.63) is 0 Å². The van der Waals surface area contributed by atoms with Crippen molar-refractivity contribution in [2.45, 2.75) is 122 Å². The molecule has 3 aliphatic heterocycles. The summed E-state index contributed by atoms with van der Waals surface area (Å²) in [7, 11) is 7.64. The van der Waals surface area contributed by atoms with Gasteiger partial charge in [-0.3, -0.25) is 9.69 Å². The number of piperidine rings is 1. The minimum atomic E-state index is -1.22. The number of methoxy groups -OCH3 is 1. The molecule has 11 heteroatoms. The number of aliphatic hydroxyl groups is 3. The molecular weight excluding hydrogens is 578 g/mol. The SMILES string of the molecule is CO[C@]1(C)C[C@@H](C)CN(C)[C@H](CC2CCN(CCO)CC2)COC(=O)C(C)(C)C(O)[C@H](C)[C@H]1O[C@@H]1O[C@H](C)C[C@H](N(C)C)[C@H]1O. The molecule has 3 heterocycles. The zero-order chi connectivity index (χ0) is 33.7. The van der Waals surface area contributed by atoms with Crippen molar-refractivity contribution in [1.29, 1.82) is 0 Å². The predicted octanol–water partition coefficient (Wildman–Crippen LogP) is 2.20. The highest BCUT2D eigenvalue weighted by Gasteiger charge is 2.51. The van der Waals surface area contributed by atoms with Crippen molar-refractivity contribution in [3.8, 4) is 0 Å². The molecule has 11 nitrogen and oxygen atoms in total. The molecule has 0 amide bonds. The molecule has 3 N–H and O–H groups in total. The van der Waals surface area contributed by atoms with Crippen LogP contribution in [0, 0.1) is 23.2 Å². The molecule has 3 saturated heterocycles. The second kappa shape index (κ2) is 16.5. The number of rotatable bonds is 8. The standard InChI is InChI=1S/C34H65N3O8/c1-22-19-34(6,42-10)30(45-31-28(39)27(35(7)8)17-23(2)44-31)24(3)29(40)33(4,5)32(41)43-21-26(36(9)20-22)18-25-11-13-37(14-12-25)15-16-38/h22-31,38-40H,11-21H2,1-10H3/t22-,23-,24+,26-,27+,28-,29?,30-,31+,34-/m1/s1. The lowest BCUT2D eigenvalue weighted by Crippen LogP contribution is -2.60. The summed E-state index contributed by atoms with van der Waals surface area (Å²) in [6.07, 6.45) is 0.552. The number of likely N-dealkylation sites (tertiary alicyclic amines) is 1. The first-order valence-corrected chi connectivity index (χ1v) is 17.1. The van der Waals surface area contributed by atoms with Crippen LogP contribution in [0.2, 0.25) is 0 Å². The first-order chi connectivity index (χ1) is 21.0. The highest BCUT2D eigenvalue weighted by Crippen LogP contribution is 2.40. The van der Waals surface area contributed by atoms with E-state index >= 15 is 0 Å². The van der Waals surface area contributed by atoms with Gasteiger partial charge >= 0.3 is 5.97 Å². The second-order valence-corrected chi connectivity index (χ2v) is 15.4. The van der Waals surface area contributed by atoms with Crippen molar-refractivity contribution in [3.63, 3.8) is 0 Å². The van der Waals surface area contributed by atoms with Crippen LogP contribution in [0.4, 0.5) is 0 Å². The van der Waals surface area contributed by atoms with Crippen molar-refractivity contribution in [1.82, 2.24) is 14.7 Å². The molecule has 3 fully saturated rings. The molecule has 0 aromatic rings. The number of esters is 1. The molecule has 45 heavy (non-hydrogen) atoms. The van der Waals surface area contributed by atoms with Crippen LogP contribution >= 0.6 is 0 Å². The monoisotopic (exact) mass is 643 g/mol. The number of hydrogen-bond acceptors (Lipinski definition) is 11. The Hall–Kier alpha value is -0.890. The topological polar surface area (TPSA) is 124 Å². The van der Waals surface area contributed by atoms with Gasteiger partial charge in [-0.15, -0.1) is 0 Å². The fourth-order valence-corrected chi connectivity index (χ4v) is 7.98. The summed E-state index contributed by atoms with van der Waals surface area (Å²) in [6, 6.07) is -0.117. The molecule has 3 aliphatic rings. The van der Waals surface area contributed by atoms with E-state index in [1.54, 1.807) is 21.0 Å². The van der Waals surface area contributed by atoms with Crippen LogP contribution in [0.1, 0.15) is 73.6 Å². The van der Waals surface area contributed by atoms with Gasteiger partial charge in [0.15, 0.2) is 6.29 Å². The van der Waals surface area contributed by atoms with Crippen LogP contribution in [-0.4, -0.2) is 152 Å². The maximum atomic E-state index is 13.7. The Morgan fingerprint density at radius 1 is 1.09 bits per heavy atom. The van der Waals surface area contributed by atoms with Gasteiger partial charge in [-0.05, 0) is 106 Å². The number of nitrogens with zero attached hydrogens (tertiary/aromatic N) is 3. The van der Waals surface area contributed by atoms with Crippen molar-refractivity contribution in [2.24, 2.45) is 23.2 Å². The molecule has 264 valence electrons. The molecular formula is C34H65N3O8. The van der Waals surface area contributed by atoms with Gasteiger partial charge in [0.25, 0.3) is 0 Å². The van der Waals surface area contributed by atoms with E-state index < -0.39 is 47.5 Å². The van der Waals surface area contributed by atoms with Gasteiger partial charge in [0.1, 0.15) is 12.7 Å². The highest BCUT2D eigenvalue weighted by molar-refractivity contribution is 5.76. The number of aliphatic hydroxyl groups excluding tert-OH is 3. The fraction of sp³-hybridized carbons (Fsp3) is 0.971. The van der Waals surface area contributed by atoms with Crippen LogP contribution in [0.15, 0.2) is 0 Å². The van der Waals surface area contributed by atoms with Crippen molar-refractivity contribution in [2.75, 3.05) is 67.6 Å². The lowest BCUT2D eigenvalue weighted by Gasteiger charge is -2.48. The van der Waals surface area contributed by atoms with E-state index in [9.17, 15) is 20.1 Å². The van der Waals surface area contributed by atoms with Gasteiger partial charge < -0.3 is 44.1 Å². The Morgan fingerprint density at radius 2 is 1.73 bits per heavy atom. The van der Waals surface area contributed by atoms with Crippen molar-refractivity contribution >= 4 is 5.97 Å².